The molecule has 3 rings (SSSR count). The summed E-state index contributed by atoms with van der Waals surface area (Å²) in [5, 5.41) is 5.66. The molecule has 22 heavy (non-hydrogen) atoms. The number of nitrogens with zero attached hydrogens (tertiary/aromatic N) is 3. The molecule has 0 unspecified atom stereocenters. The monoisotopic (exact) mass is 314 g/mol. The lowest BCUT2D eigenvalue weighted by atomic mass is 10.2. The summed E-state index contributed by atoms with van der Waals surface area (Å²) in [4.78, 5) is 25.5. The SMILES string of the molecule is CCOC(=O)c1csc2ncnc(NCc3ccccn3)c12. The van der Waals surface area contributed by atoms with Gasteiger partial charge in [0, 0.05) is 11.6 Å². The van der Waals surface area contributed by atoms with Crippen LogP contribution in [-0.2, 0) is 11.3 Å². The molecule has 6 nitrogen and oxygen atoms in total. The Balaban J connectivity index is 1.92. The fourth-order valence-corrected chi connectivity index (χ4v) is 2.92. The number of rotatable bonds is 5. The molecule has 3 heterocycles. The van der Waals surface area contributed by atoms with Gasteiger partial charge in [0.25, 0.3) is 0 Å². The predicted octanol–water partition coefficient (Wildman–Crippen LogP) is 2.88. The summed E-state index contributed by atoms with van der Waals surface area (Å²) in [5.74, 6) is 0.254. The van der Waals surface area contributed by atoms with Crippen molar-refractivity contribution in [3.8, 4) is 0 Å². The number of thiophene rings is 1. The van der Waals surface area contributed by atoms with E-state index in [1.807, 2.05) is 18.2 Å². The average molecular weight is 314 g/mol. The van der Waals surface area contributed by atoms with Crippen molar-refractivity contribution < 1.29 is 9.53 Å². The first kappa shape index (κ1) is 14.4. The summed E-state index contributed by atoms with van der Waals surface area (Å²) < 4.78 is 5.08. The van der Waals surface area contributed by atoms with E-state index in [-0.39, 0.29) is 5.97 Å². The van der Waals surface area contributed by atoms with Crippen molar-refractivity contribution in [3.63, 3.8) is 0 Å². The lowest BCUT2D eigenvalue weighted by Gasteiger charge is -2.07. The maximum Gasteiger partial charge on any atom is 0.339 e. The van der Waals surface area contributed by atoms with Gasteiger partial charge in [-0.3, -0.25) is 4.98 Å². The van der Waals surface area contributed by atoms with Gasteiger partial charge in [0.2, 0.25) is 0 Å². The topological polar surface area (TPSA) is 77.0 Å². The highest BCUT2D eigenvalue weighted by molar-refractivity contribution is 7.17. The van der Waals surface area contributed by atoms with Crippen molar-refractivity contribution in [1.29, 1.82) is 0 Å². The van der Waals surface area contributed by atoms with Crippen molar-refractivity contribution >= 4 is 33.3 Å². The van der Waals surface area contributed by atoms with Gasteiger partial charge in [0.1, 0.15) is 17.0 Å². The van der Waals surface area contributed by atoms with Gasteiger partial charge in [-0.25, -0.2) is 14.8 Å². The van der Waals surface area contributed by atoms with Crippen LogP contribution < -0.4 is 5.32 Å². The van der Waals surface area contributed by atoms with Crippen molar-refractivity contribution in [1.82, 2.24) is 15.0 Å². The summed E-state index contributed by atoms with van der Waals surface area (Å²) in [5.41, 5.74) is 1.38. The van der Waals surface area contributed by atoms with Crippen LogP contribution in [-0.4, -0.2) is 27.5 Å². The molecule has 0 aliphatic heterocycles. The molecule has 0 spiro atoms. The van der Waals surface area contributed by atoms with E-state index in [4.69, 9.17) is 4.74 Å². The van der Waals surface area contributed by atoms with Crippen LogP contribution in [0.25, 0.3) is 10.2 Å². The molecule has 0 aromatic carbocycles. The molecule has 0 saturated carbocycles. The number of nitrogens with one attached hydrogen (secondary N) is 1. The van der Waals surface area contributed by atoms with Gasteiger partial charge < -0.3 is 10.1 Å². The number of fused-ring (bicyclic) bond motifs is 1. The van der Waals surface area contributed by atoms with Gasteiger partial charge in [-0.1, -0.05) is 6.07 Å². The Bertz CT molecular complexity index is 789. The standard InChI is InChI=1S/C15H14N4O2S/c1-2-21-15(20)11-8-22-14-12(11)13(18-9-19-14)17-7-10-5-3-4-6-16-10/h3-6,8-9H,2,7H2,1H3,(H,17,18,19). The first-order valence-corrected chi connectivity index (χ1v) is 7.70. The molecule has 0 bridgehead atoms. The third-order valence-corrected chi connectivity index (χ3v) is 3.92. The van der Waals surface area contributed by atoms with Crippen LogP contribution in [0.1, 0.15) is 23.0 Å². The van der Waals surface area contributed by atoms with Crippen LogP contribution in [0.2, 0.25) is 0 Å². The number of pyridine rings is 1. The number of anilines is 1. The van der Waals surface area contributed by atoms with E-state index in [9.17, 15) is 4.79 Å². The normalized spacial score (nSPS) is 10.6. The lowest BCUT2D eigenvalue weighted by Crippen LogP contribution is -2.07. The largest absolute Gasteiger partial charge is 0.462 e. The average Bonchev–Trinajstić information content (AvgIpc) is 2.99. The zero-order chi connectivity index (χ0) is 15.4. The number of hydrogen-bond donors (Lipinski definition) is 1. The van der Waals surface area contributed by atoms with Crippen LogP contribution in [0.4, 0.5) is 5.82 Å². The van der Waals surface area contributed by atoms with E-state index in [0.717, 1.165) is 10.5 Å². The third kappa shape index (κ3) is 2.89. The van der Waals surface area contributed by atoms with E-state index in [1.165, 1.54) is 17.7 Å². The highest BCUT2D eigenvalue weighted by Gasteiger charge is 2.18. The smallest absolute Gasteiger partial charge is 0.339 e. The summed E-state index contributed by atoms with van der Waals surface area (Å²) in [6.45, 7) is 2.63. The van der Waals surface area contributed by atoms with E-state index in [0.29, 0.717) is 29.9 Å². The van der Waals surface area contributed by atoms with Crippen LogP contribution in [0.15, 0.2) is 36.1 Å². The fourth-order valence-electron chi connectivity index (χ4n) is 2.05. The second-order valence-corrected chi connectivity index (χ2v) is 5.31. The number of hydrogen-bond acceptors (Lipinski definition) is 7. The summed E-state index contributed by atoms with van der Waals surface area (Å²) >= 11 is 1.40. The molecular weight excluding hydrogens is 300 g/mol. The quantitative estimate of drug-likeness (QED) is 0.730. The van der Waals surface area contributed by atoms with Crippen molar-refractivity contribution in [3.05, 3.63) is 47.4 Å². The van der Waals surface area contributed by atoms with Gasteiger partial charge in [-0.05, 0) is 19.1 Å². The van der Waals surface area contributed by atoms with Gasteiger partial charge in [0.05, 0.1) is 29.8 Å². The molecule has 0 aliphatic carbocycles. The summed E-state index contributed by atoms with van der Waals surface area (Å²) in [6, 6.07) is 5.71. The zero-order valence-electron chi connectivity index (χ0n) is 11.9. The minimum Gasteiger partial charge on any atom is -0.462 e. The molecule has 0 radical (unpaired) electrons. The molecule has 0 aliphatic rings. The Morgan fingerprint density at radius 2 is 2.23 bits per heavy atom. The first-order chi connectivity index (χ1) is 10.8. The first-order valence-electron chi connectivity index (χ1n) is 6.82. The van der Waals surface area contributed by atoms with Gasteiger partial charge in [0.15, 0.2) is 0 Å². The molecule has 3 aromatic heterocycles. The van der Waals surface area contributed by atoms with E-state index in [1.54, 1.807) is 18.5 Å². The third-order valence-electron chi connectivity index (χ3n) is 3.03. The van der Waals surface area contributed by atoms with Gasteiger partial charge in [-0.2, -0.15) is 0 Å². The zero-order valence-corrected chi connectivity index (χ0v) is 12.8. The van der Waals surface area contributed by atoms with Gasteiger partial charge >= 0.3 is 5.97 Å². The molecule has 1 N–H and O–H groups in total. The Morgan fingerprint density at radius 1 is 1.32 bits per heavy atom. The van der Waals surface area contributed by atoms with Crippen molar-refractivity contribution in [2.75, 3.05) is 11.9 Å². The maximum atomic E-state index is 12.0. The second kappa shape index (κ2) is 6.48. The van der Waals surface area contributed by atoms with Crippen LogP contribution in [0.3, 0.4) is 0 Å². The Kier molecular flexibility index (Phi) is 4.24. The number of carbonyl (C=O) groups is 1. The Morgan fingerprint density at radius 3 is 3.00 bits per heavy atom. The van der Waals surface area contributed by atoms with Gasteiger partial charge in [-0.15, -0.1) is 11.3 Å². The minimum absolute atomic E-state index is 0.334. The molecule has 0 saturated heterocycles. The Hall–Kier alpha value is -2.54. The highest BCUT2D eigenvalue weighted by Crippen LogP contribution is 2.29. The summed E-state index contributed by atoms with van der Waals surface area (Å²) in [7, 11) is 0. The van der Waals surface area contributed by atoms with E-state index in [2.05, 4.69) is 20.3 Å². The molecular formula is C15H14N4O2S. The second-order valence-electron chi connectivity index (χ2n) is 4.45. The molecule has 7 heteroatoms. The maximum absolute atomic E-state index is 12.0. The molecule has 0 fully saturated rings. The van der Waals surface area contributed by atoms with Crippen LogP contribution in [0.5, 0.6) is 0 Å². The number of aromatic nitrogens is 3. The molecule has 3 aromatic rings. The van der Waals surface area contributed by atoms with Crippen molar-refractivity contribution in [2.24, 2.45) is 0 Å². The molecule has 0 amide bonds. The fraction of sp³-hybridized carbons (Fsp3) is 0.200. The van der Waals surface area contributed by atoms with Crippen LogP contribution in [0, 0.1) is 0 Å². The van der Waals surface area contributed by atoms with E-state index < -0.39 is 0 Å². The molecule has 0 atom stereocenters. The lowest BCUT2D eigenvalue weighted by molar-refractivity contribution is 0.0529. The summed E-state index contributed by atoms with van der Waals surface area (Å²) in [6.07, 6.45) is 3.22. The Labute approximate surface area is 131 Å². The molecule has 112 valence electrons. The number of carbonyl (C=O) groups excluding carboxylic acids is 1. The number of esters is 1. The van der Waals surface area contributed by atoms with Crippen molar-refractivity contribution in [2.45, 2.75) is 13.5 Å². The predicted molar refractivity (Wildman–Crippen MR) is 84.9 cm³/mol. The number of ether oxygens (including phenoxy) is 1. The minimum atomic E-state index is -0.357. The van der Waals surface area contributed by atoms with Crippen LogP contribution >= 0.6 is 11.3 Å². The highest BCUT2D eigenvalue weighted by atomic mass is 32.1. The van der Waals surface area contributed by atoms with E-state index >= 15 is 0 Å².